The largest absolute Gasteiger partial charge is 0.348 e. The molecule has 4 heteroatoms. The van der Waals surface area contributed by atoms with E-state index in [-0.39, 0.29) is 18.3 Å². The fourth-order valence-corrected chi connectivity index (χ4v) is 1.48. The summed E-state index contributed by atoms with van der Waals surface area (Å²) < 4.78 is 14.0. The Morgan fingerprint density at radius 2 is 2.33 bits per heavy atom. The molecule has 0 aliphatic heterocycles. The molecule has 1 amide bonds. The number of hydrogen-bond donors (Lipinski definition) is 1. The first-order valence-electron chi connectivity index (χ1n) is 4.48. The monoisotopic (exact) mass is 271 g/mol. The fraction of sp³-hybridized carbons (Fsp3) is 0.182. The minimum atomic E-state index is -0.320. The number of carbonyl (C=O) groups is 1. The maximum absolute atomic E-state index is 13.2. The Kier molecular flexibility index (Phi) is 4.49. The number of nitrogens with one attached hydrogen (secondary N) is 1. The van der Waals surface area contributed by atoms with Crippen molar-refractivity contribution in [3.63, 3.8) is 0 Å². The molecule has 0 aliphatic carbocycles. The minimum absolute atomic E-state index is 0.189. The highest BCUT2D eigenvalue weighted by molar-refractivity contribution is 9.10. The predicted molar refractivity (Wildman–Crippen MR) is 60.8 cm³/mol. The second-order valence-electron chi connectivity index (χ2n) is 2.95. The van der Waals surface area contributed by atoms with Crippen LogP contribution in [-0.4, -0.2) is 5.91 Å². The molecule has 0 bridgehead atoms. The molecule has 1 rings (SSSR count). The third kappa shape index (κ3) is 3.83. The molecule has 0 unspecified atom stereocenters. The van der Waals surface area contributed by atoms with Crippen molar-refractivity contribution in [1.29, 1.82) is 0 Å². The van der Waals surface area contributed by atoms with Crippen molar-refractivity contribution in [3.8, 4) is 0 Å². The molecule has 0 spiro atoms. The Bertz CT molecular complexity index is 390. The van der Waals surface area contributed by atoms with E-state index in [0.717, 1.165) is 4.47 Å². The third-order valence-corrected chi connectivity index (χ3v) is 2.27. The van der Waals surface area contributed by atoms with Crippen molar-refractivity contribution in [2.75, 3.05) is 0 Å². The van der Waals surface area contributed by atoms with Gasteiger partial charge in [-0.1, -0.05) is 22.0 Å². The summed E-state index contributed by atoms with van der Waals surface area (Å²) in [6, 6.07) is 4.62. The molecule has 0 fully saturated rings. The highest BCUT2D eigenvalue weighted by Gasteiger charge is 2.03. The van der Waals surface area contributed by atoms with E-state index < -0.39 is 0 Å². The van der Waals surface area contributed by atoms with Crippen molar-refractivity contribution in [1.82, 2.24) is 5.32 Å². The van der Waals surface area contributed by atoms with Crippen LogP contribution < -0.4 is 5.32 Å². The first kappa shape index (κ1) is 11.9. The zero-order valence-corrected chi connectivity index (χ0v) is 9.84. The van der Waals surface area contributed by atoms with Gasteiger partial charge in [-0.3, -0.25) is 4.79 Å². The van der Waals surface area contributed by atoms with Crippen molar-refractivity contribution in [2.45, 2.75) is 13.5 Å². The Morgan fingerprint density at radius 3 is 3.00 bits per heavy atom. The van der Waals surface area contributed by atoms with Crippen LogP contribution in [0.4, 0.5) is 4.39 Å². The molecule has 0 aromatic heterocycles. The molecular formula is C11H11BrFNO. The Hall–Kier alpha value is -1.16. The van der Waals surface area contributed by atoms with E-state index in [4.69, 9.17) is 0 Å². The van der Waals surface area contributed by atoms with E-state index in [9.17, 15) is 9.18 Å². The zero-order valence-electron chi connectivity index (χ0n) is 8.26. The van der Waals surface area contributed by atoms with Gasteiger partial charge in [0.2, 0.25) is 5.91 Å². The Labute approximate surface area is 96.3 Å². The summed E-state index contributed by atoms with van der Waals surface area (Å²) in [4.78, 5) is 11.1. The summed E-state index contributed by atoms with van der Waals surface area (Å²) in [5.41, 5.74) is 0.460. The minimum Gasteiger partial charge on any atom is -0.348 e. The Balaban J connectivity index is 2.64. The molecule has 80 valence electrons. The lowest BCUT2D eigenvalue weighted by Gasteiger charge is -2.04. The van der Waals surface area contributed by atoms with Gasteiger partial charge in [-0.25, -0.2) is 4.39 Å². The van der Waals surface area contributed by atoms with E-state index >= 15 is 0 Å². The molecule has 15 heavy (non-hydrogen) atoms. The van der Waals surface area contributed by atoms with Gasteiger partial charge < -0.3 is 5.32 Å². The smallest absolute Gasteiger partial charge is 0.243 e. The summed E-state index contributed by atoms with van der Waals surface area (Å²) in [7, 11) is 0. The van der Waals surface area contributed by atoms with Gasteiger partial charge in [0.15, 0.2) is 0 Å². The van der Waals surface area contributed by atoms with Crippen LogP contribution in [0.3, 0.4) is 0 Å². The van der Waals surface area contributed by atoms with Crippen LogP contribution in [0.2, 0.25) is 0 Å². The predicted octanol–water partition coefficient (Wildman–Crippen LogP) is 2.78. The molecule has 0 saturated heterocycles. The lowest BCUT2D eigenvalue weighted by Crippen LogP contribution is -2.20. The van der Waals surface area contributed by atoms with E-state index in [1.165, 1.54) is 12.1 Å². The summed E-state index contributed by atoms with van der Waals surface area (Å²) >= 11 is 3.24. The van der Waals surface area contributed by atoms with Crippen molar-refractivity contribution >= 4 is 21.8 Å². The average Bonchev–Trinajstić information content (AvgIpc) is 2.20. The summed E-state index contributed by atoms with van der Waals surface area (Å²) in [5, 5.41) is 2.58. The van der Waals surface area contributed by atoms with Crippen LogP contribution in [0.1, 0.15) is 12.5 Å². The second kappa shape index (κ2) is 5.66. The summed E-state index contributed by atoms with van der Waals surface area (Å²) in [6.45, 7) is 1.94. The molecule has 1 aromatic carbocycles. The molecule has 0 radical (unpaired) electrons. The highest BCUT2D eigenvalue weighted by Crippen LogP contribution is 2.15. The van der Waals surface area contributed by atoms with Crippen LogP contribution in [0, 0.1) is 5.82 Å². The van der Waals surface area contributed by atoms with Crippen LogP contribution in [0.15, 0.2) is 34.8 Å². The fourth-order valence-electron chi connectivity index (χ4n) is 1.07. The SMILES string of the molecule is C/C=C/C(=O)NCc1cc(Br)ccc1F. The number of amides is 1. The van der Waals surface area contributed by atoms with E-state index in [0.29, 0.717) is 5.56 Å². The number of halogens is 2. The standard InChI is InChI=1S/C11H11BrFNO/c1-2-3-11(15)14-7-8-6-9(12)4-5-10(8)13/h2-6H,7H2,1H3,(H,14,15)/b3-2+. The molecule has 1 aromatic rings. The zero-order chi connectivity index (χ0) is 11.3. The van der Waals surface area contributed by atoms with Gasteiger partial charge in [-0.05, 0) is 31.2 Å². The van der Waals surface area contributed by atoms with Gasteiger partial charge in [0.1, 0.15) is 5.82 Å². The average molecular weight is 272 g/mol. The van der Waals surface area contributed by atoms with Gasteiger partial charge in [0, 0.05) is 16.6 Å². The topological polar surface area (TPSA) is 29.1 Å². The van der Waals surface area contributed by atoms with Gasteiger partial charge in [-0.15, -0.1) is 0 Å². The first-order chi connectivity index (χ1) is 7.13. The quantitative estimate of drug-likeness (QED) is 0.842. The van der Waals surface area contributed by atoms with Gasteiger partial charge in [0.05, 0.1) is 0 Å². The van der Waals surface area contributed by atoms with E-state index in [1.54, 1.807) is 25.1 Å². The van der Waals surface area contributed by atoms with Crippen molar-refractivity contribution < 1.29 is 9.18 Å². The number of benzene rings is 1. The third-order valence-electron chi connectivity index (χ3n) is 1.78. The highest BCUT2D eigenvalue weighted by atomic mass is 79.9. The molecular weight excluding hydrogens is 261 g/mol. The van der Waals surface area contributed by atoms with Crippen LogP contribution in [-0.2, 0) is 11.3 Å². The van der Waals surface area contributed by atoms with Crippen molar-refractivity contribution in [3.05, 3.63) is 46.2 Å². The number of rotatable bonds is 3. The van der Waals surface area contributed by atoms with E-state index in [2.05, 4.69) is 21.2 Å². The summed E-state index contributed by atoms with van der Waals surface area (Å²) in [6.07, 6.45) is 3.03. The Morgan fingerprint density at radius 1 is 1.60 bits per heavy atom. The molecule has 1 N–H and O–H groups in total. The molecule has 0 heterocycles. The van der Waals surface area contributed by atoms with Crippen molar-refractivity contribution in [2.24, 2.45) is 0 Å². The maximum atomic E-state index is 13.2. The van der Waals surface area contributed by atoms with Gasteiger partial charge in [-0.2, -0.15) is 0 Å². The number of hydrogen-bond acceptors (Lipinski definition) is 1. The molecule has 0 aliphatic rings. The van der Waals surface area contributed by atoms with Gasteiger partial charge >= 0.3 is 0 Å². The first-order valence-corrected chi connectivity index (χ1v) is 5.27. The summed E-state index contributed by atoms with van der Waals surface area (Å²) in [5.74, 6) is -0.546. The van der Waals surface area contributed by atoms with Crippen LogP contribution in [0.25, 0.3) is 0 Å². The molecule has 2 nitrogen and oxygen atoms in total. The normalized spacial score (nSPS) is 10.6. The number of allylic oxidation sites excluding steroid dienone is 1. The number of carbonyl (C=O) groups excluding carboxylic acids is 1. The van der Waals surface area contributed by atoms with Gasteiger partial charge in [0.25, 0.3) is 0 Å². The van der Waals surface area contributed by atoms with Crippen LogP contribution >= 0.6 is 15.9 Å². The maximum Gasteiger partial charge on any atom is 0.243 e. The molecule has 0 saturated carbocycles. The van der Waals surface area contributed by atoms with E-state index in [1.807, 2.05) is 0 Å². The lowest BCUT2D eigenvalue weighted by atomic mass is 10.2. The van der Waals surface area contributed by atoms with Crippen LogP contribution in [0.5, 0.6) is 0 Å². The lowest BCUT2D eigenvalue weighted by molar-refractivity contribution is -0.116. The molecule has 0 atom stereocenters. The second-order valence-corrected chi connectivity index (χ2v) is 3.87.